The summed E-state index contributed by atoms with van der Waals surface area (Å²) < 4.78 is 0. The monoisotopic (exact) mass is 337 g/mol. The van der Waals surface area contributed by atoms with Gasteiger partial charge in [0, 0.05) is 38.8 Å². The number of nitrogens with zero attached hydrogens (tertiary/aromatic N) is 3. The van der Waals surface area contributed by atoms with Crippen LogP contribution in [0, 0.1) is 5.92 Å². The van der Waals surface area contributed by atoms with Crippen LogP contribution in [0.3, 0.4) is 0 Å². The molecule has 0 amide bonds. The van der Waals surface area contributed by atoms with Gasteiger partial charge in [-0.2, -0.15) is 0 Å². The van der Waals surface area contributed by atoms with E-state index in [4.69, 9.17) is 4.99 Å². The standard InChI is InChI=1S/C19H39N5/c1-4-6-12-24-13-9-18(10-14-24)22-19(20-5-2)21-15-17-8-7-11-23(3)16-17/h17-18H,4-16H2,1-3H3,(H2,20,21,22). The number of hydrogen-bond donors (Lipinski definition) is 2. The van der Waals surface area contributed by atoms with Gasteiger partial charge in [-0.15, -0.1) is 0 Å². The van der Waals surface area contributed by atoms with E-state index in [0.717, 1.165) is 25.0 Å². The van der Waals surface area contributed by atoms with Crippen molar-refractivity contribution < 1.29 is 0 Å². The molecule has 2 rings (SSSR count). The van der Waals surface area contributed by atoms with E-state index in [1.165, 1.54) is 71.2 Å². The third-order valence-electron chi connectivity index (χ3n) is 5.33. The van der Waals surface area contributed by atoms with Crippen molar-refractivity contribution in [2.45, 2.75) is 58.4 Å². The number of likely N-dealkylation sites (tertiary alicyclic amines) is 2. The Morgan fingerprint density at radius 3 is 2.58 bits per heavy atom. The summed E-state index contributed by atoms with van der Waals surface area (Å²) in [5.74, 6) is 1.74. The lowest BCUT2D eigenvalue weighted by Crippen LogP contribution is -2.49. The van der Waals surface area contributed by atoms with Gasteiger partial charge in [0.15, 0.2) is 5.96 Å². The summed E-state index contributed by atoms with van der Waals surface area (Å²) >= 11 is 0. The largest absolute Gasteiger partial charge is 0.357 e. The fourth-order valence-corrected chi connectivity index (χ4v) is 3.84. The predicted molar refractivity (Wildman–Crippen MR) is 104 cm³/mol. The van der Waals surface area contributed by atoms with Crippen LogP contribution in [-0.4, -0.2) is 74.7 Å². The normalized spacial score (nSPS) is 25.0. The molecule has 1 unspecified atom stereocenters. The molecule has 2 aliphatic heterocycles. The molecule has 0 radical (unpaired) electrons. The van der Waals surface area contributed by atoms with Crippen molar-refractivity contribution in [2.75, 3.05) is 52.9 Å². The molecule has 5 heteroatoms. The fourth-order valence-electron chi connectivity index (χ4n) is 3.84. The van der Waals surface area contributed by atoms with E-state index in [-0.39, 0.29) is 0 Å². The molecule has 2 heterocycles. The van der Waals surface area contributed by atoms with Crippen LogP contribution in [0.5, 0.6) is 0 Å². The summed E-state index contributed by atoms with van der Waals surface area (Å²) in [4.78, 5) is 9.94. The van der Waals surface area contributed by atoms with E-state index in [9.17, 15) is 0 Å². The first-order valence-corrected chi connectivity index (χ1v) is 10.2. The predicted octanol–water partition coefficient (Wildman–Crippen LogP) is 2.15. The first kappa shape index (κ1) is 19.5. The molecule has 0 aliphatic carbocycles. The van der Waals surface area contributed by atoms with Gasteiger partial charge in [-0.05, 0) is 65.1 Å². The lowest BCUT2D eigenvalue weighted by molar-refractivity contribution is 0.203. The zero-order valence-electron chi connectivity index (χ0n) is 16.2. The molecular weight excluding hydrogens is 298 g/mol. The summed E-state index contributed by atoms with van der Waals surface area (Å²) in [6, 6.07) is 0.578. The first-order chi connectivity index (χ1) is 11.7. The highest BCUT2D eigenvalue weighted by Crippen LogP contribution is 2.15. The maximum absolute atomic E-state index is 4.89. The van der Waals surface area contributed by atoms with E-state index in [2.05, 4.69) is 41.3 Å². The third kappa shape index (κ3) is 6.98. The first-order valence-electron chi connectivity index (χ1n) is 10.2. The third-order valence-corrected chi connectivity index (χ3v) is 5.33. The lowest BCUT2D eigenvalue weighted by Gasteiger charge is -2.33. The van der Waals surface area contributed by atoms with Crippen molar-refractivity contribution in [3.63, 3.8) is 0 Å². The van der Waals surface area contributed by atoms with Crippen LogP contribution in [0.1, 0.15) is 52.4 Å². The van der Waals surface area contributed by atoms with Gasteiger partial charge < -0.3 is 20.4 Å². The molecule has 1 atom stereocenters. The topological polar surface area (TPSA) is 42.9 Å². The SMILES string of the molecule is CCCCN1CCC(NC(=NCC2CCCN(C)C2)NCC)CC1. The second-order valence-corrected chi connectivity index (χ2v) is 7.60. The van der Waals surface area contributed by atoms with Crippen molar-refractivity contribution in [2.24, 2.45) is 10.9 Å². The van der Waals surface area contributed by atoms with Crippen LogP contribution in [0.25, 0.3) is 0 Å². The van der Waals surface area contributed by atoms with E-state index in [1.807, 2.05) is 0 Å². The van der Waals surface area contributed by atoms with E-state index in [1.54, 1.807) is 0 Å². The molecule has 0 aromatic rings. The zero-order valence-corrected chi connectivity index (χ0v) is 16.2. The molecule has 2 saturated heterocycles. The second-order valence-electron chi connectivity index (χ2n) is 7.60. The Balaban J connectivity index is 1.75. The Hall–Kier alpha value is -0.810. The minimum atomic E-state index is 0.578. The van der Waals surface area contributed by atoms with Crippen LogP contribution >= 0.6 is 0 Å². The van der Waals surface area contributed by atoms with Crippen molar-refractivity contribution in [1.82, 2.24) is 20.4 Å². The quantitative estimate of drug-likeness (QED) is 0.552. The second kappa shape index (κ2) is 10.9. The van der Waals surface area contributed by atoms with Crippen LogP contribution in [-0.2, 0) is 0 Å². The van der Waals surface area contributed by atoms with E-state index < -0.39 is 0 Å². The van der Waals surface area contributed by atoms with Gasteiger partial charge in [0.2, 0.25) is 0 Å². The molecule has 0 spiro atoms. The summed E-state index contributed by atoms with van der Waals surface area (Å²) in [5.41, 5.74) is 0. The minimum absolute atomic E-state index is 0.578. The molecule has 0 bridgehead atoms. The molecule has 0 saturated carbocycles. The molecular formula is C19H39N5. The van der Waals surface area contributed by atoms with Gasteiger partial charge in [0.25, 0.3) is 0 Å². The number of unbranched alkanes of at least 4 members (excludes halogenated alkanes) is 1. The van der Waals surface area contributed by atoms with Gasteiger partial charge in [-0.25, -0.2) is 0 Å². The van der Waals surface area contributed by atoms with Crippen LogP contribution in [0.4, 0.5) is 0 Å². The Morgan fingerprint density at radius 2 is 1.92 bits per heavy atom. The van der Waals surface area contributed by atoms with Crippen molar-refractivity contribution in [3.8, 4) is 0 Å². The maximum atomic E-state index is 4.89. The smallest absolute Gasteiger partial charge is 0.191 e. The van der Waals surface area contributed by atoms with Crippen LogP contribution in [0.15, 0.2) is 4.99 Å². The van der Waals surface area contributed by atoms with Gasteiger partial charge >= 0.3 is 0 Å². The molecule has 2 N–H and O–H groups in total. The number of rotatable bonds is 7. The van der Waals surface area contributed by atoms with Gasteiger partial charge in [0.05, 0.1) is 0 Å². The van der Waals surface area contributed by atoms with Crippen molar-refractivity contribution >= 4 is 5.96 Å². The van der Waals surface area contributed by atoms with E-state index in [0.29, 0.717) is 6.04 Å². The molecule has 24 heavy (non-hydrogen) atoms. The number of guanidine groups is 1. The zero-order chi connectivity index (χ0) is 17.2. The number of hydrogen-bond acceptors (Lipinski definition) is 3. The minimum Gasteiger partial charge on any atom is -0.357 e. The average molecular weight is 338 g/mol. The number of piperidine rings is 2. The molecule has 140 valence electrons. The van der Waals surface area contributed by atoms with Crippen LogP contribution in [0.2, 0.25) is 0 Å². The molecule has 2 fully saturated rings. The molecule has 5 nitrogen and oxygen atoms in total. The highest BCUT2D eigenvalue weighted by atomic mass is 15.2. The molecule has 0 aromatic heterocycles. The van der Waals surface area contributed by atoms with Crippen LogP contribution < -0.4 is 10.6 Å². The highest BCUT2D eigenvalue weighted by Gasteiger charge is 2.20. The Bertz CT molecular complexity index is 363. The van der Waals surface area contributed by atoms with Gasteiger partial charge in [0.1, 0.15) is 0 Å². The van der Waals surface area contributed by atoms with E-state index >= 15 is 0 Å². The summed E-state index contributed by atoms with van der Waals surface area (Å²) in [7, 11) is 2.23. The Kier molecular flexibility index (Phi) is 8.89. The highest BCUT2D eigenvalue weighted by molar-refractivity contribution is 5.80. The molecule has 2 aliphatic rings. The summed E-state index contributed by atoms with van der Waals surface area (Å²) in [5, 5.41) is 7.12. The average Bonchev–Trinajstić information content (AvgIpc) is 2.59. The summed E-state index contributed by atoms with van der Waals surface area (Å²) in [6.45, 7) is 12.5. The maximum Gasteiger partial charge on any atom is 0.191 e. The fraction of sp³-hybridized carbons (Fsp3) is 0.947. The lowest BCUT2D eigenvalue weighted by atomic mass is 9.99. The Labute approximate surface area is 149 Å². The van der Waals surface area contributed by atoms with Gasteiger partial charge in [-0.3, -0.25) is 4.99 Å². The van der Waals surface area contributed by atoms with Gasteiger partial charge in [-0.1, -0.05) is 13.3 Å². The van der Waals surface area contributed by atoms with Crippen molar-refractivity contribution in [3.05, 3.63) is 0 Å². The summed E-state index contributed by atoms with van der Waals surface area (Å²) in [6.07, 6.45) is 7.74. The molecule has 0 aromatic carbocycles. The Morgan fingerprint density at radius 1 is 1.12 bits per heavy atom. The van der Waals surface area contributed by atoms with Crippen molar-refractivity contribution in [1.29, 1.82) is 0 Å². The number of nitrogens with one attached hydrogen (secondary N) is 2. The number of aliphatic imine (C=N–C) groups is 1.